The van der Waals surface area contributed by atoms with Crippen LogP contribution in [-0.2, 0) is 6.54 Å². The molecule has 4 nitrogen and oxygen atoms in total. The van der Waals surface area contributed by atoms with Gasteiger partial charge in [0.15, 0.2) is 0 Å². The van der Waals surface area contributed by atoms with E-state index in [2.05, 4.69) is 22.2 Å². The van der Waals surface area contributed by atoms with Crippen LogP contribution in [0.3, 0.4) is 0 Å². The monoisotopic (exact) mass is 194 g/mol. The molecular formula is C10H18N4. The zero-order chi connectivity index (χ0) is 9.80. The van der Waals surface area contributed by atoms with Gasteiger partial charge in [-0.3, -0.25) is 9.58 Å². The molecule has 1 atom stereocenters. The second kappa shape index (κ2) is 4.57. The summed E-state index contributed by atoms with van der Waals surface area (Å²) in [5, 5.41) is 7.64. The van der Waals surface area contributed by atoms with Crippen LogP contribution in [0.1, 0.15) is 6.92 Å². The third-order valence-corrected chi connectivity index (χ3v) is 2.66. The summed E-state index contributed by atoms with van der Waals surface area (Å²) in [5.41, 5.74) is 0. The van der Waals surface area contributed by atoms with E-state index in [-0.39, 0.29) is 0 Å². The molecule has 78 valence electrons. The lowest BCUT2D eigenvalue weighted by molar-refractivity contribution is 0.198. The summed E-state index contributed by atoms with van der Waals surface area (Å²) in [7, 11) is 0. The van der Waals surface area contributed by atoms with Gasteiger partial charge in [0.2, 0.25) is 0 Å². The molecule has 1 aromatic heterocycles. The smallest absolute Gasteiger partial charge is 0.0536 e. The molecule has 1 aromatic rings. The largest absolute Gasteiger partial charge is 0.312 e. The maximum Gasteiger partial charge on any atom is 0.0536 e. The second-order valence-electron chi connectivity index (χ2n) is 3.92. The van der Waals surface area contributed by atoms with E-state index in [1.54, 1.807) is 0 Å². The highest BCUT2D eigenvalue weighted by Gasteiger charge is 2.14. The zero-order valence-corrected chi connectivity index (χ0v) is 8.69. The van der Waals surface area contributed by atoms with E-state index >= 15 is 0 Å². The zero-order valence-electron chi connectivity index (χ0n) is 8.69. The SMILES string of the molecule is C[C@H]1CN(CCn2cccn2)CCN1. The number of nitrogens with one attached hydrogen (secondary N) is 1. The molecule has 0 spiro atoms. The van der Waals surface area contributed by atoms with Crippen molar-refractivity contribution in [1.29, 1.82) is 0 Å². The molecule has 0 unspecified atom stereocenters. The fourth-order valence-electron chi connectivity index (χ4n) is 1.89. The number of rotatable bonds is 3. The summed E-state index contributed by atoms with van der Waals surface area (Å²) < 4.78 is 1.99. The van der Waals surface area contributed by atoms with Crippen LogP contribution >= 0.6 is 0 Å². The second-order valence-corrected chi connectivity index (χ2v) is 3.92. The van der Waals surface area contributed by atoms with Crippen LogP contribution in [0.5, 0.6) is 0 Å². The molecule has 0 bridgehead atoms. The third kappa shape index (κ3) is 2.56. The van der Waals surface area contributed by atoms with E-state index in [1.807, 2.05) is 23.1 Å². The quantitative estimate of drug-likeness (QED) is 0.745. The van der Waals surface area contributed by atoms with Gasteiger partial charge >= 0.3 is 0 Å². The predicted octanol–water partition coefficient (Wildman–Crippen LogP) is 0.177. The van der Waals surface area contributed by atoms with E-state index < -0.39 is 0 Å². The van der Waals surface area contributed by atoms with E-state index in [9.17, 15) is 0 Å². The van der Waals surface area contributed by atoms with Crippen molar-refractivity contribution in [3.8, 4) is 0 Å². The highest BCUT2D eigenvalue weighted by Crippen LogP contribution is 1.98. The van der Waals surface area contributed by atoms with Crippen LogP contribution in [0.15, 0.2) is 18.5 Å². The normalized spacial score (nSPS) is 23.9. The molecule has 0 radical (unpaired) electrons. The maximum absolute atomic E-state index is 4.19. The third-order valence-electron chi connectivity index (χ3n) is 2.66. The molecule has 14 heavy (non-hydrogen) atoms. The van der Waals surface area contributed by atoms with E-state index in [4.69, 9.17) is 0 Å². The number of aromatic nitrogens is 2. The lowest BCUT2D eigenvalue weighted by Gasteiger charge is -2.31. The van der Waals surface area contributed by atoms with Gasteiger partial charge in [-0.05, 0) is 13.0 Å². The molecule has 2 rings (SSSR count). The van der Waals surface area contributed by atoms with Gasteiger partial charge in [-0.2, -0.15) is 5.10 Å². The van der Waals surface area contributed by atoms with Gasteiger partial charge in [0, 0.05) is 44.6 Å². The average molecular weight is 194 g/mol. The maximum atomic E-state index is 4.19. The van der Waals surface area contributed by atoms with Crippen molar-refractivity contribution < 1.29 is 0 Å². The van der Waals surface area contributed by atoms with E-state index in [0.717, 1.165) is 32.7 Å². The Morgan fingerprint density at radius 2 is 2.43 bits per heavy atom. The summed E-state index contributed by atoms with van der Waals surface area (Å²) in [6.45, 7) is 7.76. The van der Waals surface area contributed by atoms with Crippen molar-refractivity contribution >= 4 is 0 Å². The van der Waals surface area contributed by atoms with Gasteiger partial charge in [-0.1, -0.05) is 0 Å². The molecule has 1 aliphatic rings. The number of piperazine rings is 1. The molecule has 1 aliphatic heterocycles. The van der Waals surface area contributed by atoms with Gasteiger partial charge in [0.05, 0.1) is 6.54 Å². The topological polar surface area (TPSA) is 33.1 Å². The first-order valence-electron chi connectivity index (χ1n) is 5.28. The van der Waals surface area contributed by atoms with Crippen molar-refractivity contribution in [1.82, 2.24) is 20.0 Å². The summed E-state index contributed by atoms with van der Waals surface area (Å²) >= 11 is 0. The van der Waals surface area contributed by atoms with Crippen LogP contribution in [0.25, 0.3) is 0 Å². The van der Waals surface area contributed by atoms with E-state index in [0.29, 0.717) is 6.04 Å². The van der Waals surface area contributed by atoms with Crippen LogP contribution in [0.2, 0.25) is 0 Å². The molecule has 2 heterocycles. The van der Waals surface area contributed by atoms with Crippen LogP contribution < -0.4 is 5.32 Å². The molecule has 4 heteroatoms. The van der Waals surface area contributed by atoms with Crippen LogP contribution in [0.4, 0.5) is 0 Å². The Hall–Kier alpha value is -0.870. The Bertz CT molecular complexity index is 257. The number of hydrogen-bond donors (Lipinski definition) is 1. The fraction of sp³-hybridized carbons (Fsp3) is 0.700. The lowest BCUT2D eigenvalue weighted by Crippen LogP contribution is -2.49. The Balaban J connectivity index is 1.75. The number of nitrogens with zero attached hydrogens (tertiary/aromatic N) is 3. The van der Waals surface area contributed by atoms with Crippen LogP contribution in [-0.4, -0.2) is 46.9 Å². The van der Waals surface area contributed by atoms with Gasteiger partial charge in [0.1, 0.15) is 0 Å². The minimum absolute atomic E-state index is 0.626. The minimum atomic E-state index is 0.626. The van der Waals surface area contributed by atoms with Crippen molar-refractivity contribution in [3.63, 3.8) is 0 Å². The molecule has 0 saturated carbocycles. The summed E-state index contributed by atoms with van der Waals surface area (Å²) in [6, 6.07) is 2.60. The number of hydrogen-bond acceptors (Lipinski definition) is 3. The fourth-order valence-corrected chi connectivity index (χ4v) is 1.89. The summed E-state index contributed by atoms with van der Waals surface area (Å²) in [6.07, 6.45) is 3.85. The molecule has 1 fully saturated rings. The first-order valence-corrected chi connectivity index (χ1v) is 5.28. The minimum Gasteiger partial charge on any atom is -0.312 e. The van der Waals surface area contributed by atoms with E-state index in [1.165, 1.54) is 0 Å². The highest BCUT2D eigenvalue weighted by molar-refractivity contribution is 4.79. The molecule has 0 amide bonds. The molecule has 0 aliphatic carbocycles. The predicted molar refractivity (Wildman–Crippen MR) is 56.1 cm³/mol. The van der Waals surface area contributed by atoms with Crippen LogP contribution in [0, 0.1) is 0 Å². The van der Waals surface area contributed by atoms with Gasteiger partial charge in [-0.25, -0.2) is 0 Å². The Kier molecular flexibility index (Phi) is 3.16. The van der Waals surface area contributed by atoms with Crippen molar-refractivity contribution in [2.45, 2.75) is 19.5 Å². The first-order chi connectivity index (χ1) is 6.84. The van der Waals surface area contributed by atoms with Crippen molar-refractivity contribution in [2.75, 3.05) is 26.2 Å². The average Bonchev–Trinajstić information content (AvgIpc) is 2.67. The summed E-state index contributed by atoms with van der Waals surface area (Å²) in [4.78, 5) is 2.49. The van der Waals surface area contributed by atoms with Crippen molar-refractivity contribution in [2.24, 2.45) is 0 Å². The molecule has 1 saturated heterocycles. The summed E-state index contributed by atoms with van der Waals surface area (Å²) in [5.74, 6) is 0. The van der Waals surface area contributed by atoms with Gasteiger partial charge < -0.3 is 5.32 Å². The lowest BCUT2D eigenvalue weighted by atomic mass is 10.2. The Morgan fingerprint density at radius 1 is 1.50 bits per heavy atom. The molecule has 1 N–H and O–H groups in total. The first kappa shape index (κ1) is 9.68. The Labute approximate surface area is 84.9 Å². The standard InChI is InChI=1S/C10H18N4/c1-10-9-13(6-4-11-10)7-8-14-5-2-3-12-14/h2-3,5,10-11H,4,6-9H2,1H3/t10-/m0/s1. The highest BCUT2D eigenvalue weighted by atomic mass is 15.3. The van der Waals surface area contributed by atoms with Gasteiger partial charge in [0.25, 0.3) is 0 Å². The van der Waals surface area contributed by atoms with Crippen molar-refractivity contribution in [3.05, 3.63) is 18.5 Å². The molecular weight excluding hydrogens is 176 g/mol. The molecule has 0 aromatic carbocycles. The van der Waals surface area contributed by atoms with Gasteiger partial charge in [-0.15, -0.1) is 0 Å². The Morgan fingerprint density at radius 3 is 3.14 bits per heavy atom.